The van der Waals surface area contributed by atoms with Gasteiger partial charge in [-0.05, 0) is 18.2 Å². The molecule has 2 rings (SSSR count). The van der Waals surface area contributed by atoms with Crippen LogP contribution in [0.4, 0.5) is 16.2 Å². The van der Waals surface area contributed by atoms with Gasteiger partial charge in [-0.1, -0.05) is 6.07 Å². The normalized spacial score (nSPS) is 10.7. The Hall–Kier alpha value is -2.81. The number of nitrogens with zero attached hydrogens (tertiary/aromatic N) is 1. The van der Waals surface area contributed by atoms with E-state index in [0.717, 1.165) is 6.20 Å². The summed E-state index contributed by atoms with van der Waals surface area (Å²) >= 11 is 0. The highest BCUT2D eigenvalue weighted by Gasteiger charge is 2.21. The molecule has 1 aromatic heterocycles. The lowest BCUT2D eigenvalue weighted by Gasteiger charge is -2.13. The van der Waals surface area contributed by atoms with Crippen LogP contribution in [0.25, 0.3) is 0 Å². The van der Waals surface area contributed by atoms with E-state index in [0.29, 0.717) is 11.4 Å². The number of hydrogen-bond donors (Lipinski definition) is 3. The third-order valence-electron chi connectivity index (χ3n) is 2.88. The average Bonchev–Trinajstić information content (AvgIpc) is 2.55. The Morgan fingerprint density at radius 3 is 2.74 bits per heavy atom. The molecule has 0 aliphatic rings. The molecule has 0 spiro atoms. The predicted octanol–water partition coefficient (Wildman–Crippen LogP) is 1.45. The molecule has 0 saturated carbocycles. The molecule has 23 heavy (non-hydrogen) atoms. The monoisotopic (exact) mass is 336 g/mol. The standard InChI is InChI=1S/C14H16N4O4S/c1-15-14(19)18-23(20,21)13-9-16-7-6-12(13)17-10-4-3-5-11(8-10)22-2/h3-9H,1-2H3,(H,16,17)(H2,15,18,19). The van der Waals surface area contributed by atoms with Gasteiger partial charge in [0.05, 0.1) is 12.8 Å². The molecule has 2 amide bonds. The number of anilines is 2. The summed E-state index contributed by atoms with van der Waals surface area (Å²) in [5.74, 6) is 0.622. The van der Waals surface area contributed by atoms with Crippen LogP contribution in [0.5, 0.6) is 5.75 Å². The van der Waals surface area contributed by atoms with Crippen LogP contribution in [0.1, 0.15) is 0 Å². The largest absolute Gasteiger partial charge is 0.497 e. The van der Waals surface area contributed by atoms with Crippen molar-refractivity contribution in [2.75, 3.05) is 19.5 Å². The molecule has 8 nitrogen and oxygen atoms in total. The third-order valence-corrected chi connectivity index (χ3v) is 4.24. The minimum absolute atomic E-state index is 0.147. The summed E-state index contributed by atoms with van der Waals surface area (Å²) in [6.07, 6.45) is 2.61. The Balaban J connectivity index is 2.35. The van der Waals surface area contributed by atoms with E-state index in [1.165, 1.54) is 26.4 Å². The quantitative estimate of drug-likeness (QED) is 0.762. The topological polar surface area (TPSA) is 109 Å². The van der Waals surface area contributed by atoms with Crippen molar-refractivity contribution in [3.8, 4) is 5.75 Å². The van der Waals surface area contributed by atoms with Gasteiger partial charge in [0, 0.05) is 31.2 Å². The van der Waals surface area contributed by atoms with Crippen molar-refractivity contribution >= 4 is 27.4 Å². The van der Waals surface area contributed by atoms with Gasteiger partial charge in [-0.25, -0.2) is 17.9 Å². The molecule has 0 bridgehead atoms. The molecule has 1 aromatic carbocycles. The van der Waals surface area contributed by atoms with Gasteiger partial charge in [0.2, 0.25) is 0 Å². The van der Waals surface area contributed by atoms with Crippen LogP contribution in [-0.2, 0) is 10.0 Å². The van der Waals surface area contributed by atoms with Crippen LogP contribution >= 0.6 is 0 Å². The molecule has 9 heteroatoms. The van der Waals surface area contributed by atoms with Gasteiger partial charge in [0.25, 0.3) is 10.0 Å². The van der Waals surface area contributed by atoms with Crippen LogP contribution in [0.2, 0.25) is 0 Å². The molecule has 3 N–H and O–H groups in total. The van der Waals surface area contributed by atoms with E-state index >= 15 is 0 Å². The number of aromatic nitrogens is 1. The predicted molar refractivity (Wildman–Crippen MR) is 85.3 cm³/mol. The van der Waals surface area contributed by atoms with Crippen LogP contribution in [0, 0.1) is 0 Å². The fourth-order valence-electron chi connectivity index (χ4n) is 1.78. The zero-order valence-corrected chi connectivity index (χ0v) is 13.3. The lowest BCUT2D eigenvalue weighted by molar-refractivity contribution is 0.248. The molecule has 1 heterocycles. The van der Waals surface area contributed by atoms with Crippen molar-refractivity contribution in [3.63, 3.8) is 0 Å². The minimum atomic E-state index is -4.06. The number of amides is 2. The first-order chi connectivity index (χ1) is 11.0. The van der Waals surface area contributed by atoms with Gasteiger partial charge in [0.1, 0.15) is 10.6 Å². The van der Waals surface area contributed by atoms with Gasteiger partial charge >= 0.3 is 6.03 Å². The Morgan fingerprint density at radius 2 is 2.04 bits per heavy atom. The average molecular weight is 336 g/mol. The van der Waals surface area contributed by atoms with Crippen molar-refractivity contribution in [2.45, 2.75) is 4.90 Å². The number of sulfonamides is 1. The molecular weight excluding hydrogens is 320 g/mol. The first-order valence-corrected chi connectivity index (χ1v) is 8.04. The van der Waals surface area contributed by atoms with E-state index in [-0.39, 0.29) is 10.6 Å². The number of nitrogens with one attached hydrogen (secondary N) is 3. The fourth-order valence-corrected chi connectivity index (χ4v) is 2.85. The maximum atomic E-state index is 12.3. The molecule has 0 aliphatic carbocycles. The molecular formula is C14H16N4O4S. The van der Waals surface area contributed by atoms with Crippen molar-refractivity contribution in [1.82, 2.24) is 15.0 Å². The van der Waals surface area contributed by atoms with Crippen molar-refractivity contribution in [3.05, 3.63) is 42.7 Å². The maximum Gasteiger partial charge on any atom is 0.328 e. The summed E-state index contributed by atoms with van der Waals surface area (Å²) in [6, 6.07) is 7.66. The maximum absolute atomic E-state index is 12.3. The number of methoxy groups -OCH3 is 1. The summed E-state index contributed by atoms with van der Waals surface area (Å²) in [4.78, 5) is 15.0. The van der Waals surface area contributed by atoms with Gasteiger partial charge < -0.3 is 15.4 Å². The minimum Gasteiger partial charge on any atom is -0.497 e. The van der Waals surface area contributed by atoms with E-state index in [2.05, 4.69) is 15.6 Å². The van der Waals surface area contributed by atoms with Crippen LogP contribution in [-0.4, -0.2) is 33.6 Å². The number of urea groups is 1. The van der Waals surface area contributed by atoms with Gasteiger partial charge in [-0.3, -0.25) is 4.98 Å². The zero-order valence-electron chi connectivity index (χ0n) is 12.5. The van der Waals surface area contributed by atoms with E-state index in [4.69, 9.17) is 4.74 Å². The first kappa shape index (κ1) is 16.6. The van der Waals surface area contributed by atoms with Crippen LogP contribution in [0.3, 0.4) is 0 Å². The van der Waals surface area contributed by atoms with E-state index in [9.17, 15) is 13.2 Å². The molecule has 0 fully saturated rings. The first-order valence-electron chi connectivity index (χ1n) is 6.56. The summed E-state index contributed by atoms with van der Waals surface area (Å²) in [7, 11) is -1.20. The SMILES string of the molecule is CNC(=O)NS(=O)(=O)c1cnccc1Nc1cccc(OC)c1. The van der Waals surface area contributed by atoms with E-state index in [1.54, 1.807) is 24.3 Å². The highest BCUT2D eigenvalue weighted by molar-refractivity contribution is 7.90. The van der Waals surface area contributed by atoms with Crippen molar-refractivity contribution < 1.29 is 17.9 Å². The molecule has 0 aliphatic heterocycles. The lowest BCUT2D eigenvalue weighted by atomic mass is 10.3. The van der Waals surface area contributed by atoms with E-state index < -0.39 is 16.1 Å². The fraction of sp³-hybridized carbons (Fsp3) is 0.143. The Bertz CT molecular complexity index is 808. The van der Waals surface area contributed by atoms with Gasteiger partial charge in [-0.15, -0.1) is 0 Å². The molecule has 0 saturated heterocycles. The van der Waals surface area contributed by atoms with Crippen molar-refractivity contribution in [2.24, 2.45) is 0 Å². The summed E-state index contributed by atoms with van der Waals surface area (Å²) in [5, 5.41) is 5.16. The number of pyridine rings is 1. The molecule has 0 radical (unpaired) electrons. The molecule has 0 atom stereocenters. The van der Waals surface area contributed by atoms with Crippen molar-refractivity contribution in [1.29, 1.82) is 0 Å². The summed E-state index contributed by atoms with van der Waals surface area (Å²) < 4.78 is 31.5. The second-order valence-electron chi connectivity index (χ2n) is 4.41. The molecule has 122 valence electrons. The summed E-state index contributed by atoms with van der Waals surface area (Å²) in [5.41, 5.74) is 0.914. The lowest BCUT2D eigenvalue weighted by Crippen LogP contribution is -2.37. The zero-order chi connectivity index (χ0) is 16.9. The number of rotatable bonds is 5. The smallest absolute Gasteiger partial charge is 0.328 e. The number of carbonyl (C=O) groups excluding carboxylic acids is 1. The highest BCUT2D eigenvalue weighted by atomic mass is 32.2. The summed E-state index contributed by atoms with van der Waals surface area (Å²) in [6.45, 7) is 0. The Labute approximate surface area is 133 Å². The number of hydrogen-bond acceptors (Lipinski definition) is 6. The number of carbonyl (C=O) groups is 1. The third kappa shape index (κ3) is 4.10. The Morgan fingerprint density at radius 1 is 1.26 bits per heavy atom. The number of benzene rings is 1. The second kappa shape index (κ2) is 6.97. The van der Waals surface area contributed by atoms with Crippen LogP contribution < -0.4 is 20.1 Å². The van der Waals surface area contributed by atoms with Gasteiger partial charge in [0.15, 0.2) is 0 Å². The van der Waals surface area contributed by atoms with E-state index in [1.807, 2.05) is 4.72 Å². The molecule has 2 aromatic rings. The van der Waals surface area contributed by atoms with Crippen LogP contribution in [0.15, 0.2) is 47.6 Å². The second-order valence-corrected chi connectivity index (χ2v) is 6.06. The molecule has 0 unspecified atom stereocenters. The Kier molecular flexibility index (Phi) is 5.02. The highest BCUT2D eigenvalue weighted by Crippen LogP contribution is 2.25. The number of ether oxygens (including phenoxy) is 1. The van der Waals surface area contributed by atoms with Gasteiger partial charge in [-0.2, -0.15) is 0 Å².